The quantitative estimate of drug-likeness (QED) is 0.170. The SMILES string of the molecule is c1ccc(CN(CCN(Cc2ccccn2)Cc2ccccn2)CCN(Cc2ccccn2)Cc2ccccn2)nc1. The fourth-order valence-electron chi connectivity index (χ4n) is 4.87. The Bertz CT molecular complexity index is 1230. The Morgan fingerprint density at radius 3 is 0.786 bits per heavy atom. The van der Waals surface area contributed by atoms with Crippen LogP contribution in [-0.2, 0) is 32.7 Å². The second-order valence-corrected chi connectivity index (χ2v) is 10.3. The number of hydrogen-bond acceptors (Lipinski definition) is 8. The summed E-state index contributed by atoms with van der Waals surface area (Å²) in [5.74, 6) is 0. The van der Waals surface area contributed by atoms with Gasteiger partial charge in [0.15, 0.2) is 0 Å². The van der Waals surface area contributed by atoms with Crippen molar-refractivity contribution in [1.82, 2.24) is 39.6 Å². The maximum absolute atomic E-state index is 4.63. The van der Waals surface area contributed by atoms with E-state index in [-0.39, 0.29) is 0 Å². The molecule has 5 heterocycles. The lowest BCUT2D eigenvalue weighted by atomic mass is 10.2. The normalized spacial score (nSPS) is 11.4. The molecule has 0 amide bonds. The highest BCUT2D eigenvalue weighted by Gasteiger charge is 2.16. The molecule has 0 N–H and O–H groups in total. The molecular formula is C34H38N8. The minimum Gasteiger partial charge on any atom is -0.295 e. The topological polar surface area (TPSA) is 74.2 Å². The van der Waals surface area contributed by atoms with E-state index in [9.17, 15) is 0 Å². The molecule has 0 bridgehead atoms. The van der Waals surface area contributed by atoms with Crippen LogP contribution in [0.2, 0.25) is 0 Å². The van der Waals surface area contributed by atoms with Crippen LogP contribution in [0.5, 0.6) is 0 Å². The molecule has 5 aromatic heterocycles. The summed E-state index contributed by atoms with van der Waals surface area (Å²) in [5.41, 5.74) is 5.30. The van der Waals surface area contributed by atoms with Crippen molar-refractivity contribution in [3.63, 3.8) is 0 Å². The molecule has 0 aliphatic carbocycles. The third-order valence-electron chi connectivity index (χ3n) is 7.02. The summed E-state index contributed by atoms with van der Waals surface area (Å²) in [6, 6.07) is 30.5. The van der Waals surface area contributed by atoms with Gasteiger partial charge in [-0.25, -0.2) is 0 Å². The molecule has 0 aliphatic rings. The Morgan fingerprint density at radius 2 is 0.548 bits per heavy atom. The van der Waals surface area contributed by atoms with Gasteiger partial charge in [-0.2, -0.15) is 0 Å². The maximum Gasteiger partial charge on any atom is 0.0544 e. The average Bonchev–Trinajstić information content (AvgIpc) is 3.04. The van der Waals surface area contributed by atoms with Crippen LogP contribution in [-0.4, -0.2) is 65.8 Å². The standard InChI is InChI=1S/C34H38N8/c1-6-16-35-30(11-1)25-40(21-23-41(26-31-12-2-7-17-36-31)27-32-13-3-8-18-37-32)22-24-42(28-33-14-4-9-19-38-33)29-34-15-5-10-20-39-34/h1-20H,21-29H2. The Hall–Kier alpha value is -4.37. The van der Waals surface area contributed by atoms with Gasteiger partial charge < -0.3 is 0 Å². The number of nitrogens with zero attached hydrogens (tertiary/aromatic N) is 8. The minimum absolute atomic E-state index is 0.764. The summed E-state index contributed by atoms with van der Waals surface area (Å²) >= 11 is 0. The van der Waals surface area contributed by atoms with Crippen LogP contribution in [0.25, 0.3) is 0 Å². The van der Waals surface area contributed by atoms with Crippen molar-refractivity contribution in [2.24, 2.45) is 0 Å². The molecule has 0 atom stereocenters. The first kappa shape index (κ1) is 29.1. The highest BCUT2D eigenvalue weighted by Crippen LogP contribution is 2.11. The third kappa shape index (κ3) is 9.92. The van der Waals surface area contributed by atoms with Gasteiger partial charge in [0.2, 0.25) is 0 Å². The monoisotopic (exact) mass is 558 g/mol. The second kappa shape index (κ2) is 16.2. The zero-order valence-corrected chi connectivity index (χ0v) is 24.0. The first-order valence-electron chi connectivity index (χ1n) is 14.5. The molecule has 0 radical (unpaired) electrons. The fourth-order valence-corrected chi connectivity index (χ4v) is 4.87. The first-order chi connectivity index (χ1) is 20.8. The van der Waals surface area contributed by atoms with E-state index >= 15 is 0 Å². The van der Waals surface area contributed by atoms with Gasteiger partial charge in [0.1, 0.15) is 0 Å². The molecule has 5 aromatic rings. The smallest absolute Gasteiger partial charge is 0.0544 e. The zero-order valence-electron chi connectivity index (χ0n) is 24.0. The zero-order chi connectivity index (χ0) is 28.7. The van der Waals surface area contributed by atoms with Crippen molar-refractivity contribution in [3.05, 3.63) is 150 Å². The Kier molecular flexibility index (Phi) is 11.2. The van der Waals surface area contributed by atoms with Crippen LogP contribution in [0.4, 0.5) is 0 Å². The lowest BCUT2D eigenvalue weighted by Gasteiger charge is -2.30. The Morgan fingerprint density at radius 1 is 0.310 bits per heavy atom. The van der Waals surface area contributed by atoms with Gasteiger partial charge in [0.25, 0.3) is 0 Å². The minimum atomic E-state index is 0.764. The van der Waals surface area contributed by atoms with E-state index in [1.807, 2.05) is 85.6 Å². The number of hydrogen-bond donors (Lipinski definition) is 0. The molecule has 214 valence electrons. The van der Waals surface area contributed by atoms with E-state index in [1.165, 1.54) is 0 Å². The summed E-state index contributed by atoms with van der Waals surface area (Å²) in [6.07, 6.45) is 9.31. The molecule has 5 rings (SSSR count). The van der Waals surface area contributed by atoms with Gasteiger partial charge in [-0.15, -0.1) is 0 Å². The van der Waals surface area contributed by atoms with Crippen molar-refractivity contribution in [3.8, 4) is 0 Å². The highest BCUT2D eigenvalue weighted by molar-refractivity contribution is 5.08. The number of rotatable bonds is 16. The summed E-state index contributed by atoms with van der Waals surface area (Å²) in [7, 11) is 0. The number of pyridine rings is 5. The lowest BCUT2D eigenvalue weighted by Crippen LogP contribution is -2.39. The van der Waals surface area contributed by atoms with Crippen LogP contribution in [0.3, 0.4) is 0 Å². The highest BCUT2D eigenvalue weighted by atomic mass is 15.2. The van der Waals surface area contributed by atoms with E-state index in [1.54, 1.807) is 0 Å². The molecule has 42 heavy (non-hydrogen) atoms. The van der Waals surface area contributed by atoms with Crippen LogP contribution in [0.15, 0.2) is 122 Å². The van der Waals surface area contributed by atoms with E-state index < -0.39 is 0 Å². The number of aromatic nitrogens is 5. The summed E-state index contributed by atoms with van der Waals surface area (Å²) < 4.78 is 0. The molecule has 0 saturated heterocycles. The molecule has 8 nitrogen and oxygen atoms in total. The maximum atomic E-state index is 4.63. The Balaban J connectivity index is 1.29. The predicted molar refractivity (Wildman–Crippen MR) is 165 cm³/mol. The molecule has 8 heteroatoms. The lowest BCUT2D eigenvalue weighted by molar-refractivity contribution is 0.155. The molecule has 0 fully saturated rings. The van der Waals surface area contributed by atoms with Crippen LogP contribution < -0.4 is 0 Å². The predicted octanol–water partition coefficient (Wildman–Crippen LogP) is 4.87. The summed E-state index contributed by atoms with van der Waals surface area (Å²) in [5, 5.41) is 0. The molecule has 0 unspecified atom stereocenters. The van der Waals surface area contributed by atoms with Crippen molar-refractivity contribution < 1.29 is 0 Å². The van der Waals surface area contributed by atoms with Crippen LogP contribution in [0, 0.1) is 0 Å². The van der Waals surface area contributed by atoms with Gasteiger partial charge in [-0.1, -0.05) is 30.3 Å². The average molecular weight is 559 g/mol. The molecule has 0 aliphatic heterocycles. The van der Waals surface area contributed by atoms with Gasteiger partial charge in [-0.05, 0) is 60.7 Å². The molecular weight excluding hydrogens is 520 g/mol. The van der Waals surface area contributed by atoms with Crippen molar-refractivity contribution in [2.75, 3.05) is 26.2 Å². The molecule has 0 spiro atoms. The van der Waals surface area contributed by atoms with Crippen molar-refractivity contribution >= 4 is 0 Å². The third-order valence-corrected chi connectivity index (χ3v) is 7.02. The first-order valence-corrected chi connectivity index (χ1v) is 14.5. The van der Waals surface area contributed by atoms with Crippen LogP contribution >= 0.6 is 0 Å². The Labute approximate surface area is 248 Å². The van der Waals surface area contributed by atoms with Crippen molar-refractivity contribution in [2.45, 2.75) is 32.7 Å². The summed E-state index contributed by atoms with van der Waals surface area (Å²) in [6.45, 7) is 7.36. The van der Waals surface area contributed by atoms with Gasteiger partial charge >= 0.3 is 0 Å². The van der Waals surface area contributed by atoms with Gasteiger partial charge in [0, 0.05) is 89.9 Å². The molecule has 0 aromatic carbocycles. The van der Waals surface area contributed by atoms with Gasteiger partial charge in [-0.3, -0.25) is 39.6 Å². The van der Waals surface area contributed by atoms with E-state index in [0.29, 0.717) is 0 Å². The van der Waals surface area contributed by atoms with Crippen molar-refractivity contribution in [1.29, 1.82) is 0 Å². The van der Waals surface area contributed by atoms with E-state index in [4.69, 9.17) is 0 Å². The van der Waals surface area contributed by atoms with E-state index in [0.717, 1.165) is 87.4 Å². The summed E-state index contributed by atoms with van der Waals surface area (Å²) in [4.78, 5) is 30.3. The van der Waals surface area contributed by atoms with Crippen LogP contribution in [0.1, 0.15) is 28.5 Å². The molecule has 0 saturated carbocycles. The second-order valence-electron chi connectivity index (χ2n) is 10.3. The largest absolute Gasteiger partial charge is 0.295 e. The van der Waals surface area contributed by atoms with Gasteiger partial charge in [0.05, 0.1) is 28.5 Å². The van der Waals surface area contributed by atoms with E-state index in [2.05, 4.69) is 76.0 Å². The fraction of sp³-hybridized carbons (Fsp3) is 0.265.